The Morgan fingerprint density at radius 2 is 1.03 bits per heavy atom. The van der Waals surface area contributed by atoms with Gasteiger partial charge < -0.3 is 27.0 Å². The standard InChI is InChI=1S/C18H17N5O.C13H14N4O.C12H9Cl2N3O/c1-12-5-3-7-16(20-12)23-18(24)17-15(9-8-13(2)21-17)22-14-6-4-10-19-11-14;1-8-4-3-5-11(15-8)17-13(18)12-10(14)7-6-9(2)16-12;1-7-3-2-4-11(15-7)17-12(18)9-5-8(13)6-10(14)16-9/h3-11,22H,1-2H3,(H,20,23,24);3-7H,14H2,1-2H3,(H,15,17,18);2-6H,1H3,(H,15,17,18). The molecule has 0 bridgehead atoms. The Kier molecular flexibility index (Phi) is 15.2. The van der Waals surface area contributed by atoms with Crippen LogP contribution in [-0.4, -0.2) is 52.6 Å². The average molecular weight is 844 g/mol. The van der Waals surface area contributed by atoms with Gasteiger partial charge in [-0.05, 0) is 120 Å². The summed E-state index contributed by atoms with van der Waals surface area (Å²) in [5, 5.41) is 11.8. The van der Waals surface area contributed by atoms with Gasteiger partial charge in [0.2, 0.25) is 0 Å². The van der Waals surface area contributed by atoms with E-state index in [1.165, 1.54) is 12.1 Å². The summed E-state index contributed by atoms with van der Waals surface area (Å²) >= 11 is 11.5. The van der Waals surface area contributed by atoms with Crippen molar-refractivity contribution < 1.29 is 14.4 Å². The number of amides is 3. The van der Waals surface area contributed by atoms with Gasteiger partial charge in [0.25, 0.3) is 17.7 Å². The van der Waals surface area contributed by atoms with Crippen molar-refractivity contribution in [1.29, 1.82) is 0 Å². The molecule has 0 fully saturated rings. The number of pyridine rings is 7. The van der Waals surface area contributed by atoms with Crippen molar-refractivity contribution in [2.75, 3.05) is 27.0 Å². The maximum atomic E-state index is 12.6. The summed E-state index contributed by atoms with van der Waals surface area (Å²) in [5.41, 5.74) is 12.1. The Morgan fingerprint density at radius 1 is 0.533 bits per heavy atom. The van der Waals surface area contributed by atoms with Gasteiger partial charge in [0, 0.05) is 39.7 Å². The Hall–Kier alpha value is -7.36. The number of aromatic nitrogens is 7. The first kappa shape index (κ1) is 43.8. The monoisotopic (exact) mass is 842 g/mol. The molecule has 7 rings (SSSR count). The highest BCUT2D eigenvalue weighted by molar-refractivity contribution is 6.34. The van der Waals surface area contributed by atoms with Gasteiger partial charge >= 0.3 is 0 Å². The highest BCUT2D eigenvalue weighted by atomic mass is 35.5. The zero-order valence-corrected chi connectivity index (χ0v) is 34.7. The molecule has 0 spiro atoms. The summed E-state index contributed by atoms with van der Waals surface area (Å²) in [4.78, 5) is 65.6. The first-order valence-electron chi connectivity index (χ1n) is 18.2. The third kappa shape index (κ3) is 13.4. The summed E-state index contributed by atoms with van der Waals surface area (Å²) in [5.74, 6) is 0.367. The van der Waals surface area contributed by atoms with E-state index in [9.17, 15) is 14.4 Å². The van der Waals surface area contributed by atoms with Crippen molar-refractivity contribution in [2.45, 2.75) is 34.6 Å². The SMILES string of the molecule is Cc1cccc(NC(=O)c2cc(Cl)cc(Cl)n2)n1.Cc1cccc(NC(=O)c2nc(C)ccc2N)n1.Cc1cccc(NC(=O)c2nc(C)ccc2Nc2cccnc2)n1. The number of anilines is 6. The van der Waals surface area contributed by atoms with Crippen LogP contribution < -0.4 is 27.0 Å². The molecule has 7 heterocycles. The molecule has 0 unspecified atom stereocenters. The van der Waals surface area contributed by atoms with Crippen LogP contribution in [0.1, 0.15) is 59.9 Å². The summed E-state index contributed by atoms with van der Waals surface area (Å²) in [6.07, 6.45) is 3.37. The molecule has 0 saturated carbocycles. The van der Waals surface area contributed by atoms with Gasteiger partial charge in [-0.2, -0.15) is 0 Å². The van der Waals surface area contributed by atoms with E-state index in [0.717, 1.165) is 34.2 Å². The number of nitrogens with one attached hydrogen (secondary N) is 4. The summed E-state index contributed by atoms with van der Waals surface area (Å²) < 4.78 is 0. The number of carbonyl (C=O) groups excluding carboxylic acids is 3. The van der Waals surface area contributed by atoms with Crippen LogP contribution in [0.4, 0.5) is 34.5 Å². The second kappa shape index (κ2) is 20.9. The number of nitrogen functional groups attached to an aromatic ring is 1. The van der Waals surface area contributed by atoms with Crippen molar-refractivity contribution in [3.63, 3.8) is 0 Å². The van der Waals surface area contributed by atoms with Crippen molar-refractivity contribution >= 4 is 75.4 Å². The Morgan fingerprint density at radius 3 is 1.55 bits per heavy atom. The first-order valence-corrected chi connectivity index (χ1v) is 18.9. The number of halogens is 2. The zero-order valence-electron chi connectivity index (χ0n) is 33.2. The molecule has 0 radical (unpaired) electrons. The fraction of sp³-hybridized carbons (Fsp3) is 0.116. The number of nitrogens with zero attached hydrogens (tertiary/aromatic N) is 7. The normalized spacial score (nSPS) is 10.2. The molecule has 6 N–H and O–H groups in total. The molecule has 0 aromatic carbocycles. The second-order valence-electron chi connectivity index (χ2n) is 13.0. The van der Waals surface area contributed by atoms with E-state index in [-0.39, 0.29) is 28.4 Å². The highest BCUT2D eigenvalue weighted by Crippen LogP contribution is 2.21. The molecular weight excluding hydrogens is 803 g/mol. The minimum atomic E-state index is -0.405. The van der Waals surface area contributed by atoms with Gasteiger partial charge in [0.05, 0.1) is 23.3 Å². The predicted octanol–water partition coefficient (Wildman–Crippen LogP) is 8.76. The van der Waals surface area contributed by atoms with Crippen LogP contribution >= 0.6 is 23.2 Å². The van der Waals surface area contributed by atoms with Gasteiger partial charge in [-0.1, -0.05) is 41.4 Å². The summed E-state index contributed by atoms with van der Waals surface area (Å²) in [7, 11) is 0. The van der Waals surface area contributed by atoms with Crippen LogP contribution in [0, 0.1) is 34.6 Å². The molecule has 304 valence electrons. The molecule has 3 amide bonds. The fourth-order valence-electron chi connectivity index (χ4n) is 5.12. The molecule has 17 heteroatoms. The Balaban J connectivity index is 0.000000174. The first-order chi connectivity index (χ1) is 28.7. The number of nitrogens with two attached hydrogens (primary N) is 1. The van der Waals surface area contributed by atoms with Crippen LogP contribution in [-0.2, 0) is 0 Å². The molecular formula is C43H40Cl2N12O3. The third-order valence-electron chi connectivity index (χ3n) is 7.85. The quantitative estimate of drug-likeness (QED) is 0.0908. The number of carbonyl (C=O) groups is 3. The van der Waals surface area contributed by atoms with Gasteiger partial charge in [0.15, 0.2) is 11.4 Å². The highest BCUT2D eigenvalue weighted by Gasteiger charge is 2.16. The van der Waals surface area contributed by atoms with E-state index in [1.807, 2.05) is 82.3 Å². The van der Waals surface area contributed by atoms with E-state index in [2.05, 4.69) is 56.2 Å². The Bertz CT molecular complexity index is 2610. The van der Waals surface area contributed by atoms with Crippen molar-refractivity contribution in [3.05, 3.63) is 171 Å². The molecule has 0 aliphatic heterocycles. The number of rotatable bonds is 8. The lowest BCUT2D eigenvalue weighted by molar-refractivity contribution is 0.101. The number of hydrogen-bond donors (Lipinski definition) is 5. The van der Waals surface area contributed by atoms with Crippen molar-refractivity contribution in [3.8, 4) is 0 Å². The van der Waals surface area contributed by atoms with Crippen LogP contribution in [0.15, 0.2) is 116 Å². The van der Waals surface area contributed by atoms with Gasteiger partial charge in [-0.3, -0.25) is 19.4 Å². The van der Waals surface area contributed by atoms with E-state index in [1.54, 1.807) is 55.7 Å². The largest absolute Gasteiger partial charge is 0.397 e. The van der Waals surface area contributed by atoms with E-state index < -0.39 is 5.91 Å². The molecule has 0 atom stereocenters. The Labute approximate surface area is 356 Å². The lowest BCUT2D eigenvalue weighted by Gasteiger charge is -2.12. The van der Waals surface area contributed by atoms with Gasteiger partial charge in [0.1, 0.15) is 28.3 Å². The van der Waals surface area contributed by atoms with E-state index >= 15 is 0 Å². The maximum absolute atomic E-state index is 12.6. The molecule has 7 aromatic rings. The van der Waals surface area contributed by atoms with E-state index in [0.29, 0.717) is 39.5 Å². The van der Waals surface area contributed by atoms with Gasteiger partial charge in [-0.25, -0.2) is 29.9 Å². The van der Waals surface area contributed by atoms with Crippen LogP contribution in [0.2, 0.25) is 10.2 Å². The smallest absolute Gasteiger partial charge is 0.277 e. The van der Waals surface area contributed by atoms with Crippen molar-refractivity contribution in [2.24, 2.45) is 0 Å². The lowest BCUT2D eigenvalue weighted by Crippen LogP contribution is -2.17. The number of aryl methyl sites for hydroxylation is 5. The molecule has 60 heavy (non-hydrogen) atoms. The molecule has 0 aliphatic rings. The minimum Gasteiger partial charge on any atom is -0.397 e. The summed E-state index contributed by atoms with van der Waals surface area (Å²) in [6.45, 7) is 9.21. The summed E-state index contributed by atoms with van der Waals surface area (Å²) in [6, 6.07) is 29.9. The van der Waals surface area contributed by atoms with Crippen LogP contribution in [0.3, 0.4) is 0 Å². The average Bonchev–Trinajstić information content (AvgIpc) is 3.20. The van der Waals surface area contributed by atoms with Gasteiger partial charge in [-0.15, -0.1) is 0 Å². The van der Waals surface area contributed by atoms with Crippen molar-refractivity contribution in [1.82, 2.24) is 34.9 Å². The van der Waals surface area contributed by atoms with E-state index in [4.69, 9.17) is 28.9 Å². The lowest BCUT2D eigenvalue weighted by atomic mass is 10.2. The number of hydrogen-bond acceptors (Lipinski definition) is 12. The predicted molar refractivity (Wildman–Crippen MR) is 235 cm³/mol. The molecule has 0 aliphatic carbocycles. The second-order valence-corrected chi connectivity index (χ2v) is 13.8. The van der Waals surface area contributed by atoms with Crippen LogP contribution in [0.25, 0.3) is 0 Å². The third-order valence-corrected chi connectivity index (χ3v) is 8.26. The topological polar surface area (TPSA) is 216 Å². The molecule has 15 nitrogen and oxygen atoms in total. The zero-order chi connectivity index (χ0) is 43.2. The molecule has 0 saturated heterocycles. The van der Waals surface area contributed by atoms with Crippen LogP contribution in [0.5, 0.6) is 0 Å². The molecule has 7 aromatic heterocycles. The fourth-order valence-corrected chi connectivity index (χ4v) is 5.59. The minimum absolute atomic E-state index is 0.149. The maximum Gasteiger partial charge on any atom is 0.277 e.